The van der Waals surface area contributed by atoms with Gasteiger partial charge in [-0.15, -0.1) is 0 Å². The Balaban J connectivity index is 2.14. The molecular weight excluding hydrogens is 278 g/mol. The van der Waals surface area contributed by atoms with E-state index in [1.54, 1.807) is 0 Å². The molecule has 0 spiro atoms. The number of hydrogen-bond acceptors (Lipinski definition) is 2. The van der Waals surface area contributed by atoms with Crippen molar-refractivity contribution in [2.45, 2.75) is 6.92 Å². The molecule has 102 valence electrons. The molecule has 0 aliphatic carbocycles. The lowest BCUT2D eigenvalue weighted by Gasteiger charge is -2.08. The van der Waals surface area contributed by atoms with E-state index < -0.39 is 0 Å². The molecule has 0 saturated carbocycles. The number of pyridine rings is 1. The Kier molecular flexibility index (Phi) is 2.65. The second kappa shape index (κ2) is 4.53. The van der Waals surface area contributed by atoms with Crippen LogP contribution in [-0.2, 0) is 0 Å². The van der Waals surface area contributed by atoms with Gasteiger partial charge >= 0.3 is 0 Å². The van der Waals surface area contributed by atoms with Gasteiger partial charge in [-0.2, -0.15) is 0 Å². The summed E-state index contributed by atoms with van der Waals surface area (Å²) in [6.45, 7) is 2.08. The monoisotopic (exact) mass is 291 g/mol. The van der Waals surface area contributed by atoms with Crippen molar-refractivity contribution in [3.05, 3.63) is 65.1 Å². The second-order valence-corrected chi connectivity index (χ2v) is 5.52. The van der Waals surface area contributed by atoms with Crippen LogP contribution in [0.15, 0.2) is 54.7 Å². The molecule has 4 heteroatoms. The molecule has 2 aromatic heterocycles. The van der Waals surface area contributed by atoms with Crippen LogP contribution >= 0.6 is 12.2 Å². The van der Waals surface area contributed by atoms with Gasteiger partial charge < -0.3 is 4.98 Å². The van der Waals surface area contributed by atoms with Gasteiger partial charge in [-0.3, -0.25) is 9.55 Å². The second-order valence-electron chi connectivity index (χ2n) is 5.13. The lowest BCUT2D eigenvalue weighted by Crippen LogP contribution is -1.95. The number of aromatic amines is 1. The first kappa shape index (κ1) is 12.3. The van der Waals surface area contributed by atoms with Crippen molar-refractivity contribution >= 4 is 34.2 Å². The van der Waals surface area contributed by atoms with Crippen LogP contribution in [0.5, 0.6) is 0 Å². The fourth-order valence-electron chi connectivity index (χ4n) is 2.75. The number of benzene rings is 2. The van der Waals surface area contributed by atoms with Gasteiger partial charge in [0.15, 0.2) is 4.77 Å². The fourth-order valence-corrected chi connectivity index (χ4v) is 3.05. The van der Waals surface area contributed by atoms with E-state index in [2.05, 4.69) is 51.8 Å². The van der Waals surface area contributed by atoms with Gasteiger partial charge in [0.25, 0.3) is 0 Å². The molecule has 2 aromatic carbocycles. The molecule has 0 bridgehead atoms. The van der Waals surface area contributed by atoms with Crippen molar-refractivity contribution in [2.24, 2.45) is 0 Å². The fraction of sp³-hybridized carbons (Fsp3) is 0.0588. The molecule has 0 radical (unpaired) electrons. The van der Waals surface area contributed by atoms with Gasteiger partial charge in [-0.25, -0.2) is 0 Å². The Hall–Kier alpha value is -2.46. The van der Waals surface area contributed by atoms with Crippen LogP contribution in [0.3, 0.4) is 0 Å². The summed E-state index contributed by atoms with van der Waals surface area (Å²) in [4.78, 5) is 7.71. The van der Waals surface area contributed by atoms with Crippen LogP contribution in [0.25, 0.3) is 27.6 Å². The van der Waals surface area contributed by atoms with Crippen LogP contribution in [0, 0.1) is 11.7 Å². The predicted octanol–water partition coefficient (Wildman–Crippen LogP) is 4.54. The van der Waals surface area contributed by atoms with Gasteiger partial charge in [-0.1, -0.05) is 12.1 Å². The van der Waals surface area contributed by atoms with Crippen LogP contribution in [0.2, 0.25) is 0 Å². The maximum absolute atomic E-state index is 5.53. The lowest BCUT2D eigenvalue weighted by atomic mass is 10.1. The maximum Gasteiger partial charge on any atom is 0.182 e. The highest BCUT2D eigenvalue weighted by Gasteiger charge is 2.09. The summed E-state index contributed by atoms with van der Waals surface area (Å²) in [5.74, 6) is 0. The summed E-state index contributed by atoms with van der Waals surface area (Å²) < 4.78 is 2.78. The lowest BCUT2D eigenvalue weighted by molar-refractivity contribution is 1.07. The first-order chi connectivity index (χ1) is 10.2. The molecular formula is C17H13N3S. The summed E-state index contributed by atoms with van der Waals surface area (Å²) >= 11 is 5.53. The zero-order valence-corrected chi connectivity index (χ0v) is 12.3. The van der Waals surface area contributed by atoms with E-state index in [4.69, 9.17) is 12.2 Å². The van der Waals surface area contributed by atoms with Crippen LogP contribution in [0.1, 0.15) is 5.56 Å². The minimum Gasteiger partial charge on any atom is -0.330 e. The molecule has 1 N–H and O–H groups in total. The minimum absolute atomic E-state index is 0.701. The van der Waals surface area contributed by atoms with E-state index >= 15 is 0 Å². The van der Waals surface area contributed by atoms with Gasteiger partial charge in [0.1, 0.15) is 0 Å². The summed E-state index contributed by atoms with van der Waals surface area (Å²) in [5.41, 5.74) is 5.38. The first-order valence-electron chi connectivity index (χ1n) is 6.79. The maximum atomic E-state index is 5.53. The number of aryl methyl sites for hydroxylation is 1. The molecule has 4 rings (SSSR count). The Morgan fingerprint density at radius 1 is 1.10 bits per heavy atom. The molecule has 3 nitrogen and oxygen atoms in total. The zero-order chi connectivity index (χ0) is 14.4. The van der Waals surface area contributed by atoms with Gasteiger partial charge in [0, 0.05) is 11.6 Å². The van der Waals surface area contributed by atoms with E-state index in [0.717, 1.165) is 27.6 Å². The molecule has 2 heterocycles. The van der Waals surface area contributed by atoms with Crippen molar-refractivity contribution in [3.63, 3.8) is 0 Å². The number of aromatic nitrogens is 3. The highest BCUT2D eigenvalue weighted by atomic mass is 32.1. The normalized spacial score (nSPS) is 11.3. The highest BCUT2D eigenvalue weighted by molar-refractivity contribution is 7.71. The molecule has 4 aromatic rings. The van der Waals surface area contributed by atoms with E-state index in [1.165, 1.54) is 5.56 Å². The Morgan fingerprint density at radius 2 is 2.00 bits per heavy atom. The topological polar surface area (TPSA) is 33.6 Å². The molecule has 0 fully saturated rings. The molecule has 0 saturated heterocycles. The van der Waals surface area contributed by atoms with E-state index in [9.17, 15) is 0 Å². The number of hydrogen-bond donors (Lipinski definition) is 1. The smallest absolute Gasteiger partial charge is 0.182 e. The molecule has 21 heavy (non-hydrogen) atoms. The SMILES string of the molecule is Cc1ccc2c(c1)[nH]c(=S)n2-c1cccc2ncccc12. The number of nitrogens with one attached hydrogen (secondary N) is 1. The molecule has 0 atom stereocenters. The zero-order valence-electron chi connectivity index (χ0n) is 11.5. The molecule has 0 aliphatic heterocycles. The number of H-pyrrole nitrogens is 1. The largest absolute Gasteiger partial charge is 0.330 e. The third-order valence-corrected chi connectivity index (χ3v) is 3.99. The van der Waals surface area contributed by atoms with E-state index in [0.29, 0.717) is 4.77 Å². The quantitative estimate of drug-likeness (QED) is 0.522. The summed E-state index contributed by atoms with van der Waals surface area (Å²) in [6, 6.07) is 16.5. The molecule has 0 amide bonds. The Bertz CT molecular complexity index is 1020. The number of fused-ring (bicyclic) bond motifs is 2. The van der Waals surface area contributed by atoms with Gasteiger partial charge in [0.05, 0.1) is 22.2 Å². The highest BCUT2D eigenvalue weighted by Crippen LogP contribution is 2.25. The number of rotatable bonds is 1. The van der Waals surface area contributed by atoms with Crippen molar-refractivity contribution < 1.29 is 0 Å². The van der Waals surface area contributed by atoms with Gasteiger partial charge in [0.2, 0.25) is 0 Å². The van der Waals surface area contributed by atoms with Crippen LogP contribution in [-0.4, -0.2) is 14.5 Å². The first-order valence-corrected chi connectivity index (χ1v) is 7.20. The van der Waals surface area contributed by atoms with E-state index in [-0.39, 0.29) is 0 Å². The average molecular weight is 291 g/mol. The average Bonchev–Trinajstić information content (AvgIpc) is 2.81. The number of imidazole rings is 1. The standard InChI is InChI=1S/C17H13N3S/c1-11-7-8-16-14(10-11)19-17(21)20(16)15-6-2-5-13-12(15)4-3-9-18-13/h2-10H,1H3,(H,19,21). The van der Waals surface area contributed by atoms with E-state index in [1.807, 2.05) is 24.4 Å². The Labute approximate surface area is 126 Å². The van der Waals surface area contributed by atoms with Crippen molar-refractivity contribution in [3.8, 4) is 5.69 Å². The number of nitrogens with zero attached hydrogens (tertiary/aromatic N) is 2. The van der Waals surface area contributed by atoms with Crippen molar-refractivity contribution in [1.82, 2.24) is 14.5 Å². The third kappa shape index (κ3) is 1.87. The van der Waals surface area contributed by atoms with Crippen molar-refractivity contribution in [1.29, 1.82) is 0 Å². The summed E-state index contributed by atoms with van der Waals surface area (Å²) in [5, 5.41) is 1.09. The Morgan fingerprint density at radius 3 is 2.90 bits per heavy atom. The van der Waals surface area contributed by atoms with Crippen LogP contribution < -0.4 is 0 Å². The molecule has 0 unspecified atom stereocenters. The third-order valence-electron chi connectivity index (χ3n) is 3.70. The minimum atomic E-state index is 0.701. The summed E-state index contributed by atoms with van der Waals surface area (Å²) in [7, 11) is 0. The predicted molar refractivity (Wildman–Crippen MR) is 88.5 cm³/mol. The summed E-state index contributed by atoms with van der Waals surface area (Å²) in [6.07, 6.45) is 1.81. The van der Waals surface area contributed by atoms with Crippen molar-refractivity contribution in [2.75, 3.05) is 0 Å². The van der Waals surface area contributed by atoms with Gasteiger partial charge in [-0.05, 0) is 61.1 Å². The molecule has 0 aliphatic rings. The van der Waals surface area contributed by atoms with Crippen LogP contribution in [0.4, 0.5) is 0 Å².